The van der Waals surface area contributed by atoms with Crippen molar-refractivity contribution in [3.63, 3.8) is 0 Å². The molecule has 1 saturated carbocycles. The van der Waals surface area contributed by atoms with Crippen molar-refractivity contribution in [1.29, 1.82) is 5.26 Å². The molecule has 142 valence electrons. The highest BCUT2D eigenvalue weighted by Gasteiger charge is 2.43. The molecule has 0 aromatic heterocycles. The summed E-state index contributed by atoms with van der Waals surface area (Å²) in [5.41, 5.74) is 1.75. The second-order valence-corrected chi connectivity index (χ2v) is 7.66. The van der Waals surface area contributed by atoms with Crippen LogP contribution in [0.5, 0.6) is 0 Å². The fraction of sp³-hybridized carbons (Fsp3) is 0.600. The van der Waals surface area contributed by atoms with Crippen molar-refractivity contribution >= 4 is 18.0 Å². The number of carbonyl (C=O) groups excluding carboxylic acids is 2. The first-order valence-electron chi connectivity index (χ1n) is 9.80. The van der Waals surface area contributed by atoms with Crippen LogP contribution in [-0.2, 0) is 9.59 Å². The number of hydrogen-bond donors (Lipinski definition) is 0. The summed E-state index contributed by atoms with van der Waals surface area (Å²) >= 11 is 0. The number of allylic oxidation sites excluding steroid dienone is 1. The summed E-state index contributed by atoms with van der Waals surface area (Å²) in [6, 6.07) is 2.37. The molecule has 2 atom stereocenters. The summed E-state index contributed by atoms with van der Waals surface area (Å²) in [6.07, 6.45) is 8.61. The van der Waals surface area contributed by atoms with E-state index in [1.165, 1.54) is 0 Å². The first kappa shape index (κ1) is 17.8. The zero-order chi connectivity index (χ0) is 19.0. The highest BCUT2D eigenvalue weighted by atomic mass is 16.2. The molecular formula is C20H25N5O2. The minimum atomic E-state index is -0.153. The maximum atomic E-state index is 12.7. The SMILES string of the molecule is CN1C(=O)C(C#N)=C(N2CCN(C(=O)C3=CCC=N3)CC2)C2CCCCC21. The molecule has 0 radical (unpaired) electrons. The predicted molar refractivity (Wildman–Crippen MR) is 101 cm³/mol. The largest absolute Gasteiger partial charge is 0.370 e. The summed E-state index contributed by atoms with van der Waals surface area (Å²) in [4.78, 5) is 35.2. The van der Waals surface area contributed by atoms with Crippen molar-refractivity contribution in [3.8, 4) is 6.07 Å². The first-order valence-corrected chi connectivity index (χ1v) is 9.80. The van der Waals surface area contributed by atoms with Gasteiger partial charge in [0.25, 0.3) is 11.8 Å². The number of hydrogen-bond acceptors (Lipinski definition) is 5. The molecule has 0 aromatic rings. The zero-order valence-corrected chi connectivity index (χ0v) is 15.7. The van der Waals surface area contributed by atoms with Crippen LogP contribution >= 0.6 is 0 Å². The Morgan fingerprint density at radius 2 is 1.96 bits per heavy atom. The highest BCUT2D eigenvalue weighted by Crippen LogP contribution is 2.40. The van der Waals surface area contributed by atoms with Crippen LogP contribution in [0.2, 0.25) is 0 Å². The van der Waals surface area contributed by atoms with Gasteiger partial charge in [-0.2, -0.15) is 5.26 Å². The van der Waals surface area contributed by atoms with E-state index in [0.717, 1.165) is 37.8 Å². The maximum Gasteiger partial charge on any atom is 0.272 e. The van der Waals surface area contributed by atoms with Crippen LogP contribution in [0.1, 0.15) is 32.1 Å². The summed E-state index contributed by atoms with van der Waals surface area (Å²) in [7, 11) is 1.83. The molecule has 0 bridgehead atoms. The van der Waals surface area contributed by atoms with E-state index in [-0.39, 0.29) is 23.8 Å². The van der Waals surface area contributed by atoms with Crippen LogP contribution in [0.25, 0.3) is 0 Å². The van der Waals surface area contributed by atoms with Crippen molar-refractivity contribution < 1.29 is 9.59 Å². The van der Waals surface area contributed by atoms with Crippen molar-refractivity contribution in [3.05, 3.63) is 23.0 Å². The van der Waals surface area contributed by atoms with Crippen LogP contribution in [0.4, 0.5) is 0 Å². The van der Waals surface area contributed by atoms with E-state index >= 15 is 0 Å². The molecule has 27 heavy (non-hydrogen) atoms. The van der Waals surface area contributed by atoms with Crippen LogP contribution in [0, 0.1) is 17.2 Å². The molecule has 4 rings (SSSR count). The van der Waals surface area contributed by atoms with Gasteiger partial charge in [0.1, 0.15) is 17.3 Å². The lowest BCUT2D eigenvalue weighted by Gasteiger charge is -2.48. The quantitative estimate of drug-likeness (QED) is 0.737. The van der Waals surface area contributed by atoms with Crippen molar-refractivity contribution in [2.45, 2.75) is 38.1 Å². The fourth-order valence-electron chi connectivity index (χ4n) is 4.84. The Hall–Kier alpha value is -2.62. The molecule has 4 aliphatic rings. The van der Waals surface area contributed by atoms with Gasteiger partial charge in [0.2, 0.25) is 0 Å². The minimum absolute atomic E-state index is 0.0205. The van der Waals surface area contributed by atoms with Crippen LogP contribution < -0.4 is 0 Å². The van der Waals surface area contributed by atoms with Gasteiger partial charge in [-0.15, -0.1) is 0 Å². The van der Waals surface area contributed by atoms with E-state index in [4.69, 9.17) is 0 Å². The van der Waals surface area contributed by atoms with Crippen LogP contribution in [0.15, 0.2) is 28.0 Å². The molecule has 0 N–H and O–H groups in total. The number of rotatable bonds is 2. The van der Waals surface area contributed by atoms with E-state index in [1.807, 2.05) is 18.0 Å². The molecule has 2 amide bonds. The second kappa shape index (κ2) is 7.18. The minimum Gasteiger partial charge on any atom is -0.370 e. The molecule has 0 spiro atoms. The van der Waals surface area contributed by atoms with E-state index in [9.17, 15) is 14.9 Å². The van der Waals surface area contributed by atoms with Crippen molar-refractivity contribution in [2.75, 3.05) is 33.2 Å². The van der Waals surface area contributed by atoms with Crippen LogP contribution in [-0.4, -0.2) is 72.0 Å². The van der Waals surface area contributed by atoms with Gasteiger partial charge in [-0.25, -0.2) is 0 Å². The third-order valence-electron chi connectivity index (χ3n) is 6.25. The topological polar surface area (TPSA) is 80.0 Å². The molecule has 3 aliphatic heterocycles. The monoisotopic (exact) mass is 367 g/mol. The molecule has 1 aliphatic carbocycles. The Labute approximate surface area is 159 Å². The second-order valence-electron chi connectivity index (χ2n) is 7.66. The Balaban J connectivity index is 1.54. The van der Waals surface area contributed by atoms with E-state index in [2.05, 4.69) is 16.0 Å². The van der Waals surface area contributed by atoms with E-state index in [1.54, 1.807) is 11.1 Å². The maximum absolute atomic E-state index is 12.7. The molecule has 7 nitrogen and oxygen atoms in total. The van der Waals surface area contributed by atoms with Gasteiger partial charge in [0.15, 0.2) is 0 Å². The lowest BCUT2D eigenvalue weighted by molar-refractivity contribution is -0.132. The Morgan fingerprint density at radius 1 is 1.22 bits per heavy atom. The number of piperazine rings is 1. The number of carbonyl (C=O) groups is 2. The number of aliphatic imine (C=N–C) groups is 1. The molecule has 0 aromatic carbocycles. The van der Waals surface area contributed by atoms with Gasteiger partial charge in [0, 0.05) is 63.5 Å². The Bertz CT molecular complexity index is 783. The van der Waals surface area contributed by atoms with Gasteiger partial charge in [-0.1, -0.05) is 12.8 Å². The normalized spacial score (nSPS) is 28.2. The fourth-order valence-corrected chi connectivity index (χ4v) is 4.84. The number of likely N-dealkylation sites (N-methyl/N-ethyl adjacent to an activating group) is 1. The van der Waals surface area contributed by atoms with Crippen molar-refractivity contribution in [2.24, 2.45) is 10.9 Å². The summed E-state index contributed by atoms with van der Waals surface area (Å²) in [5, 5.41) is 9.68. The van der Waals surface area contributed by atoms with Gasteiger partial charge in [0.05, 0.1) is 0 Å². The third kappa shape index (κ3) is 3.03. The highest BCUT2D eigenvalue weighted by molar-refractivity contribution is 5.99. The van der Waals surface area contributed by atoms with Gasteiger partial charge < -0.3 is 14.7 Å². The van der Waals surface area contributed by atoms with E-state index < -0.39 is 0 Å². The summed E-state index contributed by atoms with van der Waals surface area (Å²) in [6.45, 7) is 2.50. The van der Waals surface area contributed by atoms with Gasteiger partial charge in [-0.05, 0) is 18.9 Å². The van der Waals surface area contributed by atoms with Gasteiger partial charge >= 0.3 is 0 Å². The number of nitrogens with zero attached hydrogens (tertiary/aromatic N) is 5. The molecule has 7 heteroatoms. The standard InChI is InChI=1S/C20H25N5O2/c1-23-17-7-3-2-5-14(17)18(15(13-21)19(23)26)24-9-11-25(12-10-24)20(27)16-6-4-8-22-16/h6,8,14,17H,2-5,7,9-12H2,1H3. The number of fused-ring (bicyclic) bond motifs is 1. The third-order valence-corrected chi connectivity index (χ3v) is 6.25. The first-order chi connectivity index (χ1) is 13.1. The Kier molecular flexibility index (Phi) is 4.73. The average molecular weight is 367 g/mol. The lowest BCUT2D eigenvalue weighted by atomic mass is 9.77. The molecule has 1 saturated heterocycles. The smallest absolute Gasteiger partial charge is 0.272 e. The molecule has 3 heterocycles. The summed E-state index contributed by atoms with van der Waals surface area (Å²) in [5.74, 6) is 0.0629. The predicted octanol–water partition coefficient (Wildman–Crippen LogP) is 1.30. The molecular weight excluding hydrogens is 342 g/mol. The van der Waals surface area contributed by atoms with Crippen LogP contribution in [0.3, 0.4) is 0 Å². The van der Waals surface area contributed by atoms with Crippen molar-refractivity contribution in [1.82, 2.24) is 14.7 Å². The van der Waals surface area contributed by atoms with Gasteiger partial charge in [-0.3, -0.25) is 14.6 Å². The average Bonchev–Trinajstić information content (AvgIpc) is 3.25. The number of nitriles is 1. The zero-order valence-electron chi connectivity index (χ0n) is 15.7. The Morgan fingerprint density at radius 3 is 2.63 bits per heavy atom. The number of amides is 2. The molecule has 2 unspecified atom stereocenters. The lowest BCUT2D eigenvalue weighted by Crippen LogP contribution is -2.55. The summed E-state index contributed by atoms with van der Waals surface area (Å²) < 4.78 is 0. The van der Waals surface area contributed by atoms with E-state index in [0.29, 0.717) is 37.4 Å². The molecule has 2 fully saturated rings.